The van der Waals surface area contributed by atoms with E-state index in [9.17, 15) is 13.6 Å². The molecule has 6 nitrogen and oxygen atoms in total. The number of nitrogens with zero attached hydrogens (tertiary/aromatic N) is 4. The number of carbonyl (C=O) groups is 1. The molecule has 0 spiro atoms. The summed E-state index contributed by atoms with van der Waals surface area (Å²) in [5, 5.41) is 10.6. The number of nitrogens with one attached hydrogen (secondary N) is 1. The molecule has 0 aliphatic carbocycles. The first-order valence-corrected chi connectivity index (χ1v) is 7.21. The minimum absolute atomic E-state index is 0.0897. The van der Waals surface area contributed by atoms with Crippen LogP contribution in [0.15, 0.2) is 42.6 Å². The largest absolute Gasteiger partial charge is 0.333 e. The van der Waals surface area contributed by atoms with Crippen LogP contribution in [0.1, 0.15) is 22.7 Å². The number of benzene rings is 1. The minimum atomic E-state index is -2.79. The summed E-state index contributed by atoms with van der Waals surface area (Å²) in [6, 6.07) is 10.7. The third kappa shape index (κ3) is 2.90. The van der Waals surface area contributed by atoms with E-state index in [2.05, 4.69) is 15.5 Å². The quantitative estimate of drug-likeness (QED) is 0.798. The molecule has 2 aromatic heterocycles. The lowest BCUT2D eigenvalue weighted by atomic mass is 10.1. The molecule has 3 rings (SSSR count). The highest BCUT2D eigenvalue weighted by Gasteiger charge is 2.20. The van der Waals surface area contributed by atoms with E-state index < -0.39 is 12.5 Å². The lowest BCUT2D eigenvalue weighted by Gasteiger charge is -2.08. The van der Waals surface area contributed by atoms with Gasteiger partial charge in [0.2, 0.25) is 0 Å². The fourth-order valence-electron chi connectivity index (χ4n) is 2.49. The maximum atomic E-state index is 12.6. The van der Waals surface area contributed by atoms with Crippen LogP contribution in [0, 0.1) is 6.92 Å². The maximum absolute atomic E-state index is 12.6. The van der Waals surface area contributed by atoms with Crippen LogP contribution < -0.4 is 5.32 Å². The van der Waals surface area contributed by atoms with Gasteiger partial charge >= 0.3 is 6.55 Å². The standard InChI is InChI=1S/C16H15F2N5O/c1-10-13(11-6-4-3-5-7-11)14(22(2)20-10)19-15(24)12-8-9-23(21-12)16(17)18/h3-9,16H,1-2H3,(H,19,24). The molecule has 0 saturated carbocycles. The van der Waals surface area contributed by atoms with Gasteiger partial charge in [0, 0.05) is 18.8 Å². The molecule has 0 unspecified atom stereocenters. The van der Waals surface area contributed by atoms with Crippen LogP contribution in [-0.4, -0.2) is 25.5 Å². The Kier molecular flexibility index (Phi) is 4.11. The molecule has 1 aromatic carbocycles. The van der Waals surface area contributed by atoms with Gasteiger partial charge in [0.05, 0.1) is 5.69 Å². The van der Waals surface area contributed by atoms with Crippen molar-refractivity contribution in [3.05, 3.63) is 54.0 Å². The second-order valence-electron chi connectivity index (χ2n) is 5.21. The number of alkyl halides is 2. The number of anilines is 1. The number of hydrogen-bond acceptors (Lipinski definition) is 3. The predicted octanol–water partition coefficient (Wildman–Crippen LogP) is 3.24. The summed E-state index contributed by atoms with van der Waals surface area (Å²) >= 11 is 0. The molecule has 8 heteroatoms. The van der Waals surface area contributed by atoms with Gasteiger partial charge in [-0.3, -0.25) is 9.48 Å². The third-order valence-electron chi connectivity index (χ3n) is 3.56. The summed E-state index contributed by atoms with van der Waals surface area (Å²) in [7, 11) is 1.70. The van der Waals surface area contributed by atoms with E-state index >= 15 is 0 Å². The molecule has 1 amide bonds. The molecule has 0 atom stereocenters. The number of halogens is 2. The van der Waals surface area contributed by atoms with E-state index in [1.54, 1.807) is 11.7 Å². The molecule has 0 radical (unpaired) electrons. The fourth-order valence-corrected chi connectivity index (χ4v) is 2.49. The molecule has 0 bridgehead atoms. The second-order valence-corrected chi connectivity index (χ2v) is 5.21. The Morgan fingerprint density at radius 1 is 1.17 bits per heavy atom. The van der Waals surface area contributed by atoms with Crippen molar-refractivity contribution in [1.29, 1.82) is 0 Å². The highest BCUT2D eigenvalue weighted by molar-refractivity contribution is 6.04. The van der Waals surface area contributed by atoms with Gasteiger partial charge in [0.25, 0.3) is 5.91 Å². The van der Waals surface area contributed by atoms with Gasteiger partial charge in [-0.05, 0) is 18.6 Å². The number of amides is 1. The smallest absolute Gasteiger partial charge is 0.305 e. The van der Waals surface area contributed by atoms with E-state index in [0.29, 0.717) is 10.5 Å². The zero-order valence-electron chi connectivity index (χ0n) is 13.1. The topological polar surface area (TPSA) is 64.7 Å². The summed E-state index contributed by atoms with van der Waals surface area (Å²) in [6.07, 6.45) is 1.06. The average Bonchev–Trinajstić information content (AvgIpc) is 3.14. The first-order chi connectivity index (χ1) is 11.5. The van der Waals surface area contributed by atoms with Crippen LogP contribution in [-0.2, 0) is 7.05 Å². The Labute approximate surface area is 136 Å². The van der Waals surface area contributed by atoms with Crippen LogP contribution in [0.3, 0.4) is 0 Å². The molecule has 0 aliphatic heterocycles. The van der Waals surface area contributed by atoms with Crippen LogP contribution >= 0.6 is 0 Å². The SMILES string of the molecule is Cc1nn(C)c(NC(=O)c2ccn(C(F)F)n2)c1-c1ccccc1. The molecular formula is C16H15F2N5O. The van der Waals surface area contributed by atoms with Crippen LogP contribution in [0.25, 0.3) is 11.1 Å². The Morgan fingerprint density at radius 2 is 1.88 bits per heavy atom. The van der Waals surface area contributed by atoms with Crippen LogP contribution in [0.4, 0.5) is 14.6 Å². The Morgan fingerprint density at radius 3 is 2.50 bits per heavy atom. The normalized spacial score (nSPS) is 11.0. The van der Waals surface area contributed by atoms with Crippen molar-refractivity contribution in [1.82, 2.24) is 19.6 Å². The van der Waals surface area contributed by atoms with E-state index in [1.165, 1.54) is 6.07 Å². The van der Waals surface area contributed by atoms with Gasteiger partial charge in [-0.25, -0.2) is 4.68 Å². The van der Waals surface area contributed by atoms with E-state index in [0.717, 1.165) is 23.0 Å². The highest BCUT2D eigenvalue weighted by atomic mass is 19.3. The summed E-state index contributed by atoms with van der Waals surface area (Å²) in [4.78, 5) is 12.3. The lowest BCUT2D eigenvalue weighted by Crippen LogP contribution is -2.16. The van der Waals surface area contributed by atoms with Crippen molar-refractivity contribution in [2.24, 2.45) is 7.05 Å². The molecule has 2 heterocycles. The Bertz CT molecular complexity index is 870. The van der Waals surface area contributed by atoms with Crippen molar-refractivity contribution in [3.63, 3.8) is 0 Å². The maximum Gasteiger partial charge on any atom is 0.333 e. The molecule has 1 N–H and O–H groups in total. The molecular weight excluding hydrogens is 316 g/mol. The summed E-state index contributed by atoms with van der Waals surface area (Å²) < 4.78 is 27.1. The zero-order valence-corrected chi connectivity index (χ0v) is 13.1. The first kappa shape index (κ1) is 15.9. The molecule has 124 valence electrons. The number of rotatable bonds is 4. The first-order valence-electron chi connectivity index (χ1n) is 7.21. The van der Waals surface area contributed by atoms with Crippen molar-refractivity contribution >= 4 is 11.7 Å². The van der Waals surface area contributed by atoms with Gasteiger partial charge in [-0.15, -0.1) is 0 Å². The molecule has 24 heavy (non-hydrogen) atoms. The summed E-state index contributed by atoms with van der Waals surface area (Å²) in [5.74, 6) is -0.0927. The van der Waals surface area contributed by atoms with E-state index in [4.69, 9.17) is 0 Å². The van der Waals surface area contributed by atoms with Gasteiger partial charge in [-0.1, -0.05) is 30.3 Å². The van der Waals surface area contributed by atoms with Gasteiger partial charge in [0.1, 0.15) is 5.82 Å². The van der Waals surface area contributed by atoms with Crippen LogP contribution in [0.5, 0.6) is 0 Å². The van der Waals surface area contributed by atoms with Crippen LogP contribution in [0.2, 0.25) is 0 Å². The van der Waals surface area contributed by atoms with Crippen molar-refractivity contribution < 1.29 is 13.6 Å². The molecule has 0 aliphatic rings. The molecule has 0 saturated heterocycles. The molecule has 3 aromatic rings. The monoisotopic (exact) mass is 331 g/mol. The average molecular weight is 331 g/mol. The third-order valence-corrected chi connectivity index (χ3v) is 3.56. The summed E-state index contributed by atoms with van der Waals surface area (Å²) in [5.41, 5.74) is 2.33. The highest BCUT2D eigenvalue weighted by Crippen LogP contribution is 2.31. The van der Waals surface area contributed by atoms with Gasteiger partial charge in [0.15, 0.2) is 5.69 Å². The predicted molar refractivity (Wildman–Crippen MR) is 84.8 cm³/mol. The van der Waals surface area contributed by atoms with E-state index in [1.807, 2.05) is 37.3 Å². The van der Waals surface area contributed by atoms with Gasteiger partial charge in [-0.2, -0.15) is 19.0 Å². The van der Waals surface area contributed by atoms with Crippen molar-refractivity contribution in [2.45, 2.75) is 13.5 Å². The number of hydrogen-bond donors (Lipinski definition) is 1. The number of aryl methyl sites for hydroxylation is 2. The van der Waals surface area contributed by atoms with Crippen molar-refractivity contribution in [3.8, 4) is 11.1 Å². The second kappa shape index (κ2) is 6.23. The van der Waals surface area contributed by atoms with Gasteiger partial charge < -0.3 is 5.32 Å². The summed E-state index contributed by atoms with van der Waals surface area (Å²) in [6.45, 7) is -0.950. The lowest BCUT2D eigenvalue weighted by molar-refractivity contribution is 0.0561. The fraction of sp³-hybridized carbons (Fsp3) is 0.188. The minimum Gasteiger partial charge on any atom is -0.305 e. The Balaban J connectivity index is 1.94. The Hall–Kier alpha value is -3.03. The van der Waals surface area contributed by atoms with E-state index in [-0.39, 0.29) is 5.69 Å². The van der Waals surface area contributed by atoms with Crippen molar-refractivity contribution in [2.75, 3.05) is 5.32 Å². The number of aromatic nitrogens is 4. The number of carbonyl (C=O) groups excluding carboxylic acids is 1. The zero-order chi connectivity index (χ0) is 17.3. The molecule has 0 fully saturated rings.